The Labute approximate surface area is 144 Å². The summed E-state index contributed by atoms with van der Waals surface area (Å²) in [5.41, 5.74) is 1.34. The van der Waals surface area contributed by atoms with Crippen LogP contribution in [0.1, 0.15) is 15.9 Å². The van der Waals surface area contributed by atoms with Crippen LogP contribution < -0.4 is 10.1 Å². The molecule has 0 saturated carbocycles. The zero-order chi connectivity index (χ0) is 18.2. The molecule has 0 atom stereocenters. The molecule has 0 saturated heterocycles. The maximum atomic E-state index is 12.2. The largest absolute Gasteiger partial charge is 0.479 e. The summed E-state index contributed by atoms with van der Waals surface area (Å²) in [7, 11) is 1.60. The number of carbonyl (C=O) groups excluding carboxylic acids is 1. The SMILES string of the molecule is CNc1ccc(/C=C/C(=O)c2ccc(OCC#N)cc2)cc1[N+](=O)[O-]. The predicted octanol–water partition coefficient (Wildman–Crippen LogP) is 3.43. The summed E-state index contributed by atoms with van der Waals surface area (Å²) in [5, 5.41) is 22.2. The van der Waals surface area contributed by atoms with Gasteiger partial charge in [0, 0.05) is 18.7 Å². The molecule has 0 fully saturated rings. The molecule has 0 spiro atoms. The summed E-state index contributed by atoms with van der Waals surface area (Å²) in [6.45, 7) is -0.0609. The van der Waals surface area contributed by atoms with Crippen LogP contribution in [0.25, 0.3) is 6.08 Å². The van der Waals surface area contributed by atoms with E-state index in [2.05, 4.69) is 5.32 Å². The van der Waals surface area contributed by atoms with Crippen molar-refractivity contribution in [2.45, 2.75) is 0 Å². The van der Waals surface area contributed by atoms with Crippen LogP contribution in [0, 0.1) is 21.4 Å². The van der Waals surface area contributed by atoms with Crippen LogP contribution in [-0.4, -0.2) is 24.4 Å². The van der Waals surface area contributed by atoms with Gasteiger partial charge < -0.3 is 10.1 Å². The second kappa shape index (κ2) is 8.26. The van der Waals surface area contributed by atoms with Gasteiger partial charge in [0.2, 0.25) is 0 Å². The van der Waals surface area contributed by atoms with E-state index in [1.165, 1.54) is 18.2 Å². The molecule has 0 bridgehead atoms. The molecular formula is C18H15N3O4. The molecule has 7 nitrogen and oxygen atoms in total. The number of ether oxygens (including phenoxy) is 1. The van der Waals surface area contributed by atoms with E-state index < -0.39 is 4.92 Å². The minimum absolute atomic E-state index is 0.0592. The average molecular weight is 337 g/mol. The molecule has 7 heteroatoms. The van der Waals surface area contributed by atoms with Crippen molar-refractivity contribution in [3.63, 3.8) is 0 Å². The van der Waals surface area contributed by atoms with Crippen molar-refractivity contribution in [3.8, 4) is 11.8 Å². The Morgan fingerprint density at radius 3 is 2.64 bits per heavy atom. The second-order valence-electron chi connectivity index (χ2n) is 4.95. The van der Waals surface area contributed by atoms with Crippen LogP contribution in [0.2, 0.25) is 0 Å². The Bertz CT molecular complexity index is 852. The van der Waals surface area contributed by atoms with Gasteiger partial charge in [-0.2, -0.15) is 5.26 Å². The van der Waals surface area contributed by atoms with E-state index in [9.17, 15) is 14.9 Å². The monoisotopic (exact) mass is 337 g/mol. The number of ketones is 1. The maximum Gasteiger partial charge on any atom is 0.292 e. The highest BCUT2D eigenvalue weighted by Crippen LogP contribution is 2.25. The highest BCUT2D eigenvalue weighted by atomic mass is 16.6. The molecule has 0 unspecified atom stereocenters. The molecule has 1 N–H and O–H groups in total. The van der Waals surface area contributed by atoms with Crippen molar-refractivity contribution in [1.29, 1.82) is 5.26 Å². The van der Waals surface area contributed by atoms with E-state index in [-0.39, 0.29) is 18.1 Å². The summed E-state index contributed by atoms with van der Waals surface area (Å²) >= 11 is 0. The van der Waals surface area contributed by atoms with E-state index in [0.29, 0.717) is 22.6 Å². The fourth-order valence-corrected chi connectivity index (χ4v) is 2.11. The molecule has 0 aliphatic carbocycles. The number of nitrogens with zero attached hydrogens (tertiary/aromatic N) is 2. The van der Waals surface area contributed by atoms with Gasteiger partial charge in [0.1, 0.15) is 17.5 Å². The minimum atomic E-state index is -0.481. The molecule has 0 aliphatic rings. The van der Waals surface area contributed by atoms with Crippen molar-refractivity contribution in [2.24, 2.45) is 0 Å². The van der Waals surface area contributed by atoms with Crippen LogP contribution >= 0.6 is 0 Å². The van der Waals surface area contributed by atoms with E-state index in [1.807, 2.05) is 6.07 Å². The summed E-state index contributed by atoms with van der Waals surface area (Å²) in [6.07, 6.45) is 2.87. The molecule has 2 aromatic rings. The third-order valence-corrected chi connectivity index (χ3v) is 3.36. The van der Waals surface area contributed by atoms with Crippen molar-refractivity contribution in [2.75, 3.05) is 19.0 Å². The first-order valence-corrected chi connectivity index (χ1v) is 7.33. The Morgan fingerprint density at radius 2 is 2.04 bits per heavy atom. The maximum absolute atomic E-state index is 12.2. The molecule has 2 aromatic carbocycles. The molecule has 126 valence electrons. The number of nitriles is 1. The Morgan fingerprint density at radius 1 is 1.32 bits per heavy atom. The van der Waals surface area contributed by atoms with Crippen LogP contribution in [0.15, 0.2) is 48.5 Å². The van der Waals surface area contributed by atoms with E-state index in [4.69, 9.17) is 10.00 Å². The highest BCUT2D eigenvalue weighted by Gasteiger charge is 2.12. The molecule has 0 amide bonds. The molecule has 25 heavy (non-hydrogen) atoms. The number of benzene rings is 2. The number of carbonyl (C=O) groups is 1. The van der Waals surface area contributed by atoms with Crippen molar-refractivity contribution >= 4 is 23.2 Å². The van der Waals surface area contributed by atoms with E-state index >= 15 is 0 Å². The van der Waals surface area contributed by atoms with Crippen LogP contribution in [0.3, 0.4) is 0 Å². The Hall–Kier alpha value is -3.66. The van der Waals surface area contributed by atoms with Gasteiger partial charge in [-0.05, 0) is 42.0 Å². The third kappa shape index (κ3) is 4.65. The van der Waals surface area contributed by atoms with Gasteiger partial charge in [-0.1, -0.05) is 12.1 Å². The summed E-state index contributed by atoms with van der Waals surface area (Å²) in [6, 6.07) is 12.9. The minimum Gasteiger partial charge on any atom is -0.479 e. The molecule has 2 rings (SSSR count). The molecule has 0 aliphatic heterocycles. The van der Waals surface area contributed by atoms with Gasteiger partial charge in [-0.3, -0.25) is 14.9 Å². The number of rotatable bonds is 7. The lowest BCUT2D eigenvalue weighted by atomic mass is 10.1. The third-order valence-electron chi connectivity index (χ3n) is 3.36. The first kappa shape index (κ1) is 17.7. The highest BCUT2D eigenvalue weighted by molar-refractivity contribution is 6.06. The van der Waals surface area contributed by atoms with Crippen molar-refractivity contribution in [3.05, 3.63) is 69.8 Å². The fraction of sp³-hybridized carbons (Fsp3) is 0.111. The zero-order valence-corrected chi connectivity index (χ0v) is 13.4. The summed E-state index contributed by atoms with van der Waals surface area (Å²) in [4.78, 5) is 22.7. The zero-order valence-electron chi connectivity index (χ0n) is 13.4. The van der Waals surface area contributed by atoms with Crippen LogP contribution in [0.5, 0.6) is 5.75 Å². The first-order valence-electron chi connectivity index (χ1n) is 7.33. The number of nitrogens with one attached hydrogen (secondary N) is 1. The number of nitro benzene ring substituents is 1. The predicted molar refractivity (Wildman–Crippen MR) is 93.6 cm³/mol. The Balaban J connectivity index is 2.13. The van der Waals surface area contributed by atoms with Gasteiger partial charge in [-0.25, -0.2) is 0 Å². The molecule has 0 heterocycles. The number of hydrogen-bond acceptors (Lipinski definition) is 6. The lowest BCUT2D eigenvalue weighted by Crippen LogP contribution is -1.97. The number of nitro groups is 1. The molecular weight excluding hydrogens is 322 g/mol. The lowest BCUT2D eigenvalue weighted by molar-refractivity contribution is -0.383. The smallest absolute Gasteiger partial charge is 0.292 e. The lowest BCUT2D eigenvalue weighted by Gasteiger charge is -2.03. The van der Waals surface area contributed by atoms with Gasteiger partial charge in [-0.15, -0.1) is 0 Å². The summed E-state index contributed by atoms with van der Waals surface area (Å²) < 4.78 is 5.12. The van der Waals surface area contributed by atoms with Crippen LogP contribution in [0.4, 0.5) is 11.4 Å². The molecule has 0 radical (unpaired) electrons. The van der Waals surface area contributed by atoms with Crippen LogP contribution in [-0.2, 0) is 0 Å². The fourth-order valence-electron chi connectivity index (χ4n) is 2.11. The second-order valence-corrected chi connectivity index (χ2v) is 4.95. The topological polar surface area (TPSA) is 105 Å². The van der Waals surface area contributed by atoms with Crippen molar-refractivity contribution in [1.82, 2.24) is 0 Å². The quantitative estimate of drug-likeness (QED) is 0.359. The first-order chi connectivity index (χ1) is 12.0. The van der Waals surface area contributed by atoms with Gasteiger partial charge >= 0.3 is 0 Å². The average Bonchev–Trinajstić information content (AvgIpc) is 2.64. The van der Waals surface area contributed by atoms with Crippen molar-refractivity contribution < 1.29 is 14.5 Å². The van der Waals surface area contributed by atoms with Gasteiger partial charge in [0.15, 0.2) is 12.4 Å². The standard InChI is InChI=1S/C18H15N3O4/c1-20-16-8-2-13(12-17(16)21(23)24)3-9-18(22)14-4-6-15(7-5-14)25-11-10-19/h2-9,12,20H,11H2,1H3/b9-3+. The van der Waals surface area contributed by atoms with Gasteiger partial charge in [0.25, 0.3) is 5.69 Å². The number of anilines is 1. The normalized spacial score (nSPS) is 10.2. The van der Waals surface area contributed by atoms with E-state index in [1.54, 1.807) is 43.4 Å². The van der Waals surface area contributed by atoms with E-state index in [0.717, 1.165) is 0 Å². The Kier molecular flexibility index (Phi) is 5.85. The van der Waals surface area contributed by atoms with Gasteiger partial charge in [0.05, 0.1) is 4.92 Å². The molecule has 0 aromatic heterocycles. The summed E-state index contributed by atoms with van der Waals surface area (Å²) in [5.74, 6) is 0.257. The number of hydrogen-bond donors (Lipinski definition) is 1. The number of allylic oxidation sites excluding steroid dienone is 1.